The second kappa shape index (κ2) is 8.17. The van der Waals surface area contributed by atoms with E-state index >= 15 is 0 Å². The van der Waals surface area contributed by atoms with Crippen molar-refractivity contribution in [2.75, 3.05) is 19.0 Å². The Morgan fingerprint density at radius 3 is 2.74 bits per heavy atom. The lowest BCUT2D eigenvalue weighted by Crippen LogP contribution is -2.30. The molecule has 1 amide bonds. The zero-order valence-electron chi connectivity index (χ0n) is 13.8. The molecule has 5 heteroatoms. The maximum atomic E-state index is 11.8. The van der Waals surface area contributed by atoms with Crippen LogP contribution >= 0.6 is 0 Å². The number of benzene rings is 1. The number of aromatic nitrogens is 1. The Labute approximate surface area is 137 Å². The smallest absolute Gasteiger partial charge is 0.253 e. The minimum absolute atomic E-state index is 0.101. The summed E-state index contributed by atoms with van der Waals surface area (Å²) in [5.41, 5.74) is 1.77. The molecule has 1 aromatic carbocycles. The largest absolute Gasteiger partial charge is 0.497 e. The molecular formula is C18H23N3O2. The normalized spacial score (nSPS) is 10.4. The molecule has 0 radical (unpaired) electrons. The molecule has 1 aromatic heterocycles. The highest BCUT2D eigenvalue weighted by molar-refractivity contribution is 5.94. The van der Waals surface area contributed by atoms with Crippen molar-refractivity contribution in [2.45, 2.75) is 26.3 Å². The van der Waals surface area contributed by atoms with E-state index in [1.165, 1.54) is 5.56 Å². The molecule has 0 saturated carbocycles. The molecule has 0 unspecified atom stereocenters. The van der Waals surface area contributed by atoms with Crippen LogP contribution < -0.4 is 15.4 Å². The molecule has 2 rings (SSSR count). The Hall–Kier alpha value is -2.56. The van der Waals surface area contributed by atoms with Crippen molar-refractivity contribution in [3.8, 4) is 5.75 Å². The fourth-order valence-corrected chi connectivity index (χ4v) is 2.14. The van der Waals surface area contributed by atoms with Crippen LogP contribution in [-0.4, -0.2) is 30.6 Å². The van der Waals surface area contributed by atoms with Crippen molar-refractivity contribution < 1.29 is 9.53 Å². The molecule has 122 valence electrons. The SMILES string of the molecule is COc1cccc(CCNc2ccc(C(=O)NC(C)C)cn2)c1. The van der Waals surface area contributed by atoms with Crippen LogP contribution in [0.25, 0.3) is 0 Å². The summed E-state index contributed by atoms with van der Waals surface area (Å²) in [5.74, 6) is 1.52. The van der Waals surface area contributed by atoms with Crippen molar-refractivity contribution in [1.29, 1.82) is 0 Å². The van der Waals surface area contributed by atoms with E-state index < -0.39 is 0 Å². The maximum absolute atomic E-state index is 11.8. The molecule has 2 aromatic rings. The van der Waals surface area contributed by atoms with Gasteiger partial charge in [0.25, 0.3) is 5.91 Å². The minimum atomic E-state index is -0.101. The van der Waals surface area contributed by atoms with Crippen LogP contribution in [0.5, 0.6) is 5.75 Å². The Balaban J connectivity index is 1.85. The lowest BCUT2D eigenvalue weighted by Gasteiger charge is -2.09. The summed E-state index contributed by atoms with van der Waals surface area (Å²) in [5, 5.41) is 6.10. The maximum Gasteiger partial charge on any atom is 0.253 e. The monoisotopic (exact) mass is 313 g/mol. The average Bonchev–Trinajstić information content (AvgIpc) is 2.55. The topological polar surface area (TPSA) is 63.2 Å². The molecule has 0 fully saturated rings. The third-order valence-electron chi connectivity index (χ3n) is 3.30. The van der Waals surface area contributed by atoms with E-state index in [2.05, 4.69) is 21.7 Å². The molecule has 1 heterocycles. The standard InChI is InChI=1S/C18H23N3O2/c1-13(2)21-18(22)15-7-8-17(20-12-15)19-10-9-14-5-4-6-16(11-14)23-3/h4-8,11-13H,9-10H2,1-3H3,(H,19,20)(H,21,22). The number of carbonyl (C=O) groups excluding carboxylic acids is 1. The van der Waals surface area contributed by atoms with Gasteiger partial charge in [0.2, 0.25) is 0 Å². The van der Waals surface area contributed by atoms with Crippen LogP contribution in [0.15, 0.2) is 42.6 Å². The van der Waals surface area contributed by atoms with E-state index in [-0.39, 0.29) is 11.9 Å². The number of nitrogens with one attached hydrogen (secondary N) is 2. The number of rotatable bonds is 7. The van der Waals surface area contributed by atoms with Crippen LogP contribution in [0.2, 0.25) is 0 Å². The van der Waals surface area contributed by atoms with Crippen LogP contribution in [0.3, 0.4) is 0 Å². The minimum Gasteiger partial charge on any atom is -0.497 e. The van der Waals surface area contributed by atoms with Gasteiger partial charge in [0.05, 0.1) is 12.7 Å². The van der Waals surface area contributed by atoms with E-state index in [9.17, 15) is 4.79 Å². The number of pyridine rings is 1. The third kappa shape index (κ3) is 5.29. The molecule has 0 saturated heterocycles. The number of anilines is 1. The molecule has 2 N–H and O–H groups in total. The van der Waals surface area contributed by atoms with Gasteiger partial charge in [0.1, 0.15) is 11.6 Å². The number of nitrogens with zero attached hydrogens (tertiary/aromatic N) is 1. The number of amides is 1. The van der Waals surface area contributed by atoms with Gasteiger partial charge in [-0.3, -0.25) is 4.79 Å². The third-order valence-corrected chi connectivity index (χ3v) is 3.30. The summed E-state index contributed by atoms with van der Waals surface area (Å²) in [6.45, 7) is 4.62. The Morgan fingerprint density at radius 1 is 1.26 bits per heavy atom. The first kappa shape index (κ1) is 16.8. The highest BCUT2D eigenvalue weighted by atomic mass is 16.5. The zero-order chi connectivity index (χ0) is 16.7. The van der Waals surface area contributed by atoms with Crippen LogP contribution in [0.4, 0.5) is 5.82 Å². The van der Waals surface area contributed by atoms with Gasteiger partial charge in [-0.2, -0.15) is 0 Å². The first-order valence-corrected chi connectivity index (χ1v) is 7.72. The predicted octanol–water partition coefficient (Wildman–Crippen LogP) is 2.88. The predicted molar refractivity (Wildman–Crippen MR) is 92.0 cm³/mol. The van der Waals surface area contributed by atoms with E-state index in [4.69, 9.17) is 4.74 Å². The second-order valence-electron chi connectivity index (χ2n) is 5.59. The van der Waals surface area contributed by atoms with E-state index in [0.717, 1.165) is 24.5 Å². The lowest BCUT2D eigenvalue weighted by molar-refractivity contribution is 0.0943. The van der Waals surface area contributed by atoms with Crippen molar-refractivity contribution >= 4 is 11.7 Å². The molecular weight excluding hydrogens is 290 g/mol. The van der Waals surface area contributed by atoms with Crippen molar-refractivity contribution in [2.24, 2.45) is 0 Å². The summed E-state index contributed by atoms with van der Waals surface area (Å²) < 4.78 is 5.21. The molecule has 5 nitrogen and oxygen atoms in total. The summed E-state index contributed by atoms with van der Waals surface area (Å²) in [6.07, 6.45) is 2.46. The first-order chi connectivity index (χ1) is 11.1. The second-order valence-corrected chi connectivity index (χ2v) is 5.59. The van der Waals surface area contributed by atoms with E-state index in [1.807, 2.05) is 38.1 Å². The van der Waals surface area contributed by atoms with Gasteiger partial charge in [-0.05, 0) is 50.1 Å². The van der Waals surface area contributed by atoms with E-state index in [1.54, 1.807) is 19.4 Å². The summed E-state index contributed by atoms with van der Waals surface area (Å²) in [6, 6.07) is 11.7. The summed E-state index contributed by atoms with van der Waals surface area (Å²) in [4.78, 5) is 16.1. The van der Waals surface area contributed by atoms with Gasteiger partial charge in [-0.15, -0.1) is 0 Å². The average molecular weight is 313 g/mol. The molecule has 0 aliphatic heterocycles. The quantitative estimate of drug-likeness (QED) is 0.825. The molecule has 0 aliphatic carbocycles. The Morgan fingerprint density at radius 2 is 2.09 bits per heavy atom. The number of methoxy groups -OCH3 is 1. The first-order valence-electron chi connectivity index (χ1n) is 7.72. The van der Waals surface area contributed by atoms with Crippen LogP contribution in [0, 0.1) is 0 Å². The fraction of sp³-hybridized carbons (Fsp3) is 0.333. The van der Waals surface area contributed by atoms with Gasteiger partial charge in [-0.1, -0.05) is 12.1 Å². The van der Waals surface area contributed by atoms with Crippen molar-refractivity contribution in [3.05, 3.63) is 53.7 Å². The lowest BCUT2D eigenvalue weighted by atomic mass is 10.1. The Kier molecular flexibility index (Phi) is 5.97. The Bertz CT molecular complexity index is 639. The molecule has 23 heavy (non-hydrogen) atoms. The van der Waals surface area contributed by atoms with Gasteiger partial charge in [0.15, 0.2) is 0 Å². The van der Waals surface area contributed by atoms with Gasteiger partial charge >= 0.3 is 0 Å². The van der Waals surface area contributed by atoms with Crippen molar-refractivity contribution in [3.63, 3.8) is 0 Å². The molecule has 0 bridgehead atoms. The van der Waals surface area contributed by atoms with Crippen molar-refractivity contribution in [1.82, 2.24) is 10.3 Å². The van der Waals surface area contributed by atoms with Gasteiger partial charge < -0.3 is 15.4 Å². The van der Waals surface area contributed by atoms with Crippen LogP contribution in [-0.2, 0) is 6.42 Å². The molecule has 0 spiro atoms. The number of hydrogen-bond donors (Lipinski definition) is 2. The number of ether oxygens (including phenoxy) is 1. The van der Waals surface area contributed by atoms with Crippen LogP contribution in [0.1, 0.15) is 29.8 Å². The highest BCUT2D eigenvalue weighted by Gasteiger charge is 2.07. The number of hydrogen-bond acceptors (Lipinski definition) is 4. The zero-order valence-corrected chi connectivity index (χ0v) is 13.8. The summed E-state index contributed by atoms with van der Waals surface area (Å²) in [7, 11) is 1.66. The molecule has 0 atom stereocenters. The highest BCUT2D eigenvalue weighted by Crippen LogP contribution is 2.13. The van der Waals surface area contributed by atoms with E-state index in [0.29, 0.717) is 5.56 Å². The number of carbonyl (C=O) groups is 1. The van der Waals surface area contributed by atoms with Gasteiger partial charge in [-0.25, -0.2) is 4.98 Å². The summed E-state index contributed by atoms with van der Waals surface area (Å²) >= 11 is 0. The fourth-order valence-electron chi connectivity index (χ4n) is 2.14. The van der Waals surface area contributed by atoms with Gasteiger partial charge in [0, 0.05) is 18.8 Å². The molecule has 0 aliphatic rings.